The smallest absolute Gasteiger partial charge is 0.294 e. The first kappa shape index (κ1) is 16.0. The molecule has 1 aliphatic rings. The zero-order valence-corrected chi connectivity index (χ0v) is 12.8. The fourth-order valence-electron chi connectivity index (χ4n) is 2.60. The second kappa shape index (κ2) is 7.59. The number of nitro groups is 1. The highest BCUT2D eigenvalue weighted by Gasteiger charge is 2.23. The zero-order valence-electron chi connectivity index (χ0n) is 12.0. The molecule has 21 heavy (non-hydrogen) atoms. The number of nitrogens with zero attached hydrogens (tertiary/aromatic N) is 2. The summed E-state index contributed by atoms with van der Waals surface area (Å²) in [5.41, 5.74) is 0.631. The molecule has 0 aliphatic carbocycles. The number of anilines is 1. The molecule has 7 heteroatoms. The van der Waals surface area contributed by atoms with E-state index < -0.39 is 0 Å². The van der Waals surface area contributed by atoms with Crippen LogP contribution in [0.4, 0.5) is 11.4 Å². The Morgan fingerprint density at radius 1 is 1.57 bits per heavy atom. The summed E-state index contributed by atoms with van der Waals surface area (Å²) in [4.78, 5) is 12.9. The van der Waals surface area contributed by atoms with Crippen molar-refractivity contribution in [1.82, 2.24) is 5.32 Å². The van der Waals surface area contributed by atoms with Crippen molar-refractivity contribution in [3.05, 3.63) is 33.3 Å². The van der Waals surface area contributed by atoms with Gasteiger partial charge in [-0.3, -0.25) is 10.1 Å². The lowest BCUT2D eigenvalue weighted by Crippen LogP contribution is -2.39. The molecule has 0 saturated carbocycles. The van der Waals surface area contributed by atoms with Crippen molar-refractivity contribution >= 4 is 23.0 Å². The number of nitro benzene ring substituents is 1. The Hall–Kier alpha value is -1.37. The molecule has 1 saturated heterocycles. The number of hydrogen-bond acceptors (Lipinski definition) is 5. The van der Waals surface area contributed by atoms with Gasteiger partial charge in [-0.15, -0.1) is 0 Å². The Bertz CT molecular complexity index is 492. The summed E-state index contributed by atoms with van der Waals surface area (Å²) in [6.45, 7) is 2.86. The first-order chi connectivity index (χ1) is 10.1. The minimum Gasteiger partial charge on any atom is -0.383 e. The molecule has 0 amide bonds. The largest absolute Gasteiger partial charge is 0.383 e. The Labute approximate surface area is 129 Å². The number of benzene rings is 1. The first-order valence-corrected chi connectivity index (χ1v) is 7.41. The maximum Gasteiger partial charge on any atom is 0.294 e. The van der Waals surface area contributed by atoms with Gasteiger partial charge in [-0.2, -0.15) is 0 Å². The molecule has 1 heterocycles. The molecule has 0 radical (unpaired) electrons. The van der Waals surface area contributed by atoms with E-state index in [2.05, 4.69) is 5.32 Å². The molecule has 0 spiro atoms. The standard InChI is InChI=1S/C14H20ClN3O3/c1-21-8-7-17(10-12-3-2-6-16-12)13-5-4-11(15)9-14(13)18(19)20/h4-5,9,12,16H,2-3,6-8,10H2,1H3. The van der Waals surface area contributed by atoms with E-state index in [1.807, 2.05) is 4.90 Å². The van der Waals surface area contributed by atoms with E-state index in [4.69, 9.17) is 16.3 Å². The average Bonchev–Trinajstić information content (AvgIpc) is 2.96. The summed E-state index contributed by atoms with van der Waals surface area (Å²) < 4.78 is 5.12. The van der Waals surface area contributed by atoms with Crippen LogP contribution in [0.25, 0.3) is 0 Å². The Morgan fingerprint density at radius 3 is 3.00 bits per heavy atom. The third-order valence-electron chi connectivity index (χ3n) is 3.64. The zero-order chi connectivity index (χ0) is 15.2. The molecule has 1 unspecified atom stereocenters. The Kier molecular flexibility index (Phi) is 5.78. The minimum atomic E-state index is -0.386. The molecule has 1 fully saturated rings. The number of ether oxygens (including phenoxy) is 1. The molecule has 6 nitrogen and oxygen atoms in total. The number of rotatable bonds is 7. The van der Waals surface area contributed by atoms with Gasteiger partial charge in [0, 0.05) is 37.3 Å². The van der Waals surface area contributed by atoms with Gasteiger partial charge in [0.25, 0.3) is 5.69 Å². The van der Waals surface area contributed by atoms with Gasteiger partial charge >= 0.3 is 0 Å². The molecular weight excluding hydrogens is 294 g/mol. The van der Waals surface area contributed by atoms with Crippen LogP contribution in [0.3, 0.4) is 0 Å². The molecule has 0 aromatic heterocycles. The van der Waals surface area contributed by atoms with Crippen LogP contribution in [0.15, 0.2) is 18.2 Å². The van der Waals surface area contributed by atoms with Gasteiger partial charge in [0.15, 0.2) is 0 Å². The number of methoxy groups -OCH3 is 1. The van der Waals surface area contributed by atoms with Crippen molar-refractivity contribution in [2.24, 2.45) is 0 Å². The highest BCUT2D eigenvalue weighted by atomic mass is 35.5. The lowest BCUT2D eigenvalue weighted by molar-refractivity contribution is -0.384. The minimum absolute atomic E-state index is 0.0385. The molecule has 1 aromatic carbocycles. The van der Waals surface area contributed by atoms with Gasteiger partial charge in [0.05, 0.1) is 11.5 Å². The van der Waals surface area contributed by atoms with Gasteiger partial charge in [-0.05, 0) is 31.5 Å². The van der Waals surface area contributed by atoms with Gasteiger partial charge in [-0.1, -0.05) is 11.6 Å². The third-order valence-corrected chi connectivity index (χ3v) is 3.88. The van der Waals surface area contributed by atoms with Gasteiger partial charge in [0.1, 0.15) is 5.69 Å². The predicted octanol–water partition coefficient (Wildman–Crippen LogP) is 2.45. The average molecular weight is 314 g/mol. The maximum atomic E-state index is 11.3. The fraction of sp³-hybridized carbons (Fsp3) is 0.571. The molecule has 1 aliphatic heterocycles. The molecule has 0 bridgehead atoms. The van der Waals surface area contributed by atoms with E-state index in [0.29, 0.717) is 29.9 Å². The van der Waals surface area contributed by atoms with E-state index in [1.165, 1.54) is 6.07 Å². The van der Waals surface area contributed by atoms with Crippen LogP contribution in [0.5, 0.6) is 0 Å². The van der Waals surface area contributed by atoms with Crippen molar-refractivity contribution in [3.8, 4) is 0 Å². The molecular formula is C14H20ClN3O3. The first-order valence-electron chi connectivity index (χ1n) is 7.03. The lowest BCUT2D eigenvalue weighted by atomic mass is 10.2. The highest BCUT2D eigenvalue weighted by molar-refractivity contribution is 6.30. The molecule has 1 N–H and O–H groups in total. The van der Waals surface area contributed by atoms with E-state index in [9.17, 15) is 10.1 Å². The fourth-order valence-corrected chi connectivity index (χ4v) is 2.77. The van der Waals surface area contributed by atoms with Crippen molar-refractivity contribution in [1.29, 1.82) is 0 Å². The number of nitrogens with one attached hydrogen (secondary N) is 1. The number of hydrogen-bond donors (Lipinski definition) is 1. The summed E-state index contributed by atoms with van der Waals surface area (Å²) in [6, 6.07) is 5.16. The lowest BCUT2D eigenvalue weighted by Gasteiger charge is -2.27. The quantitative estimate of drug-likeness (QED) is 0.618. The second-order valence-electron chi connectivity index (χ2n) is 5.12. The van der Waals surface area contributed by atoms with Crippen LogP contribution >= 0.6 is 11.6 Å². The van der Waals surface area contributed by atoms with E-state index in [-0.39, 0.29) is 10.6 Å². The number of halogens is 1. The summed E-state index contributed by atoms with van der Waals surface area (Å²) in [5.74, 6) is 0. The molecule has 1 aromatic rings. The van der Waals surface area contributed by atoms with Crippen LogP contribution in [0.2, 0.25) is 5.02 Å². The molecule has 1 atom stereocenters. The van der Waals surface area contributed by atoms with Gasteiger partial charge in [-0.25, -0.2) is 0 Å². The summed E-state index contributed by atoms with van der Waals surface area (Å²) in [7, 11) is 1.63. The second-order valence-corrected chi connectivity index (χ2v) is 5.56. The SMILES string of the molecule is COCCN(CC1CCCN1)c1ccc(Cl)cc1[N+](=O)[O-]. The molecule has 2 rings (SSSR count). The van der Waals surface area contributed by atoms with Crippen LogP contribution < -0.4 is 10.2 Å². The monoisotopic (exact) mass is 313 g/mol. The van der Waals surface area contributed by atoms with Crippen molar-refractivity contribution < 1.29 is 9.66 Å². The van der Waals surface area contributed by atoms with Gasteiger partial charge < -0.3 is 15.0 Å². The van der Waals surface area contributed by atoms with Crippen LogP contribution in [-0.4, -0.2) is 44.3 Å². The third kappa shape index (κ3) is 4.30. The summed E-state index contributed by atoms with van der Waals surface area (Å²) >= 11 is 5.88. The van der Waals surface area contributed by atoms with Crippen LogP contribution in [0.1, 0.15) is 12.8 Å². The van der Waals surface area contributed by atoms with E-state index in [1.54, 1.807) is 19.2 Å². The normalized spacial score (nSPS) is 17.9. The Morgan fingerprint density at radius 2 is 2.38 bits per heavy atom. The summed E-state index contributed by atoms with van der Waals surface area (Å²) in [5, 5.41) is 15.0. The van der Waals surface area contributed by atoms with Crippen LogP contribution in [0, 0.1) is 10.1 Å². The predicted molar refractivity (Wildman–Crippen MR) is 83.2 cm³/mol. The van der Waals surface area contributed by atoms with Crippen molar-refractivity contribution in [2.45, 2.75) is 18.9 Å². The Balaban J connectivity index is 2.23. The maximum absolute atomic E-state index is 11.3. The topological polar surface area (TPSA) is 67.6 Å². The van der Waals surface area contributed by atoms with Crippen molar-refractivity contribution in [3.63, 3.8) is 0 Å². The molecule has 116 valence electrons. The highest BCUT2D eigenvalue weighted by Crippen LogP contribution is 2.31. The van der Waals surface area contributed by atoms with E-state index in [0.717, 1.165) is 25.9 Å². The van der Waals surface area contributed by atoms with E-state index >= 15 is 0 Å². The van der Waals surface area contributed by atoms with Crippen molar-refractivity contribution in [2.75, 3.05) is 38.3 Å². The van der Waals surface area contributed by atoms with Crippen LogP contribution in [-0.2, 0) is 4.74 Å². The van der Waals surface area contributed by atoms with Gasteiger partial charge in [0.2, 0.25) is 0 Å². The summed E-state index contributed by atoms with van der Waals surface area (Å²) in [6.07, 6.45) is 2.23.